The van der Waals surface area contributed by atoms with Gasteiger partial charge in [0.1, 0.15) is 0 Å². The second-order valence-corrected chi connectivity index (χ2v) is 4.14. The second-order valence-electron chi connectivity index (χ2n) is 4.14. The van der Waals surface area contributed by atoms with Crippen molar-refractivity contribution >= 4 is 5.78 Å². The van der Waals surface area contributed by atoms with E-state index in [-0.39, 0.29) is 12.2 Å². The molecule has 1 aromatic rings. The number of carbonyl (C=O) groups is 1. The zero-order chi connectivity index (χ0) is 12.1. The third kappa shape index (κ3) is 3.43. The Labute approximate surface area is 95.7 Å². The molecule has 0 bridgehead atoms. The molecule has 2 atom stereocenters. The fourth-order valence-corrected chi connectivity index (χ4v) is 1.70. The van der Waals surface area contributed by atoms with E-state index in [4.69, 9.17) is 0 Å². The lowest BCUT2D eigenvalue weighted by Crippen LogP contribution is -2.30. The molecule has 0 saturated carbocycles. The molecule has 0 aliphatic carbocycles. The van der Waals surface area contributed by atoms with E-state index in [0.29, 0.717) is 5.56 Å². The van der Waals surface area contributed by atoms with E-state index in [0.717, 1.165) is 0 Å². The van der Waals surface area contributed by atoms with Crippen molar-refractivity contribution in [3.8, 4) is 0 Å². The third-order valence-electron chi connectivity index (χ3n) is 2.76. The summed E-state index contributed by atoms with van der Waals surface area (Å²) >= 11 is 0. The molecule has 0 fully saturated rings. The number of hydrogen-bond donors (Lipinski definition) is 2. The minimum Gasteiger partial charge on any atom is -0.393 e. The van der Waals surface area contributed by atoms with Crippen LogP contribution in [0.5, 0.6) is 0 Å². The fraction of sp³-hybridized carbons (Fsp3) is 0.462. The minimum atomic E-state index is -0.687. The highest BCUT2D eigenvalue weighted by Gasteiger charge is 2.23. The molecule has 0 saturated heterocycles. The Kier molecular flexibility index (Phi) is 4.65. The number of aliphatic hydroxyl groups is 2. The molecule has 1 aromatic carbocycles. The molecule has 88 valence electrons. The van der Waals surface area contributed by atoms with Gasteiger partial charge in [-0.15, -0.1) is 0 Å². The largest absolute Gasteiger partial charge is 0.393 e. The molecule has 3 heteroatoms. The highest BCUT2D eigenvalue weighted by molar-refractivity contribution is 5.96. The van der Waals surface area contributed by atoms with E-state index in [2.05, 4.69) is 0 Å². The first-order valence-corrected chi connectivity index (χ1v) is 5.46. The third-order valence-corrected chi connectivity index (χ3v) is 2.76. The second kappa shape index (κ2) is 5.77. The lowest BCUT2D eigenvalue weighted by Gasteiger charge is -2.21. The molecular formula is C13H18O3. The lowest BCUT2D eigenvalue weighted by molar-refractivity contribution is 0.0266. The van der Waals surface area contributed by atoms with Crippen LogP contribution in [0.25, 0.3) is 0 Å². The van der Waals surface area contributed by atoms with Crippen molar-refractivity contribution in [2.45, 2.75) is 32.5 Å². The summed E-state index contributed by atoms with van der Waals surface area (Å²) in [6.45, 7) is 3.19. The van der Waals surface area contributed by atoms with Crippen LogP contribution in [0, 0.1) is 5.92 Å². The summed E-state index contributed by atoms with van der Waals surface area (Å²) < 4.78 is 0. The van der Waals surface area contributed by atoms with Gasteiger partial charge in [0.15, 0.2) is 5.78 Å². The SMILES string of the molecule is CC(O)C(CC(=O)c1ccccc1)C(C)O. The van der Waals surface area contributed by atoms with Crippen molar-refractivity contribution in [3.05, 3.63) is 35.9 Å². The maximum Gasteiger partial charge on any atom is 0.163 e. The Hall–Kier alpha value is -1.19. The van der Waals surface area contributed by atoms with E-state index in [1.54, 1.807) is 38.1 Å². The molecule has 0 amide bonds. The van der Waals surface area contributed by atoms with Crippen LogP contribution in [-0.2, 0) is 0 Å². The maximum absolute atomic E-state index is 11.8. The molecule has 0 aromatic heterocycles. The first kappa shape index (κ1) is 12.9. The van der Waals surface area contributed by atoms with Gasteiger partial charge in [0.05, 0.1) is 12.2 Å². The molecule has 1 rings (SSSR count). The van der Waals surface area contributed by atoms with E-state index >= 15 is 0 Å². The summed E-state index contributed by atoms with van der Waals surface area (Å²) in [6, 6.07) is 8.92. The highest BCUT2D eigenvalue weighted by atomic mass is 16.3. The van der Waals surface area contributed by atoms with Crippen molar-refractivity contribution < 1.29 is 15.0 Å². The maximum atomic E-state index is 11.8. The lowest BCUT2D eigenvalue weighted by atomic mass is 9.90. The van der Waals surface area contributed by atoms with Gasteiger partial charge in [0, 0.05) is 17.9 Å². The number of carbonyl (C=O) groups excluding carboxylic acids is 1. The van der Waals surface area contributed by atoms with Crippen LogP contribution in [0.4, 0.5) is 0 Å². The zero-order valence-electron chi connectivity index (χ0n) is 9.63. The number of aliphatic hydroxyl groups excluding tert-OH is 2. The van der Waals surface area contributed by atoms with Crippen LogP contribution < -0.4 is 0 Å². The summed E-state index contributed by atoms with van der Waals surface area (Å²) in [6.07, 6.45) is -1.21. The topological polar surface area (TPSA) is 57.5 Å². The zero-order valence-corrected chi connectivity index (χ0v) is 9.63. The predicted octanol–water partition coefficient (Wildman–Crippen LogP) is 1.64. The van der Waals surface area contributed by atoms with Gasteiger partial charge in [0.25, 0.3) is 0 Å². The van der Waals surface area contributed by atoms with Crippen LogP contribution >= 0.6 is 0 Å². The Morgan fingerprint density at radius 2 is 1.62 bits per heavy atom. The van der Waals surface area contributed by atoms with Crippen LogP contribution in [0.2, 0.25) is 0 Å². The summed E-state index contributed by atoms with van der Waals surface area (Å²) in [5.41, 5.74) is 0.619. The monoisotopic (exact) mass is 222 g/mol. The molecule has 2 N–H and O–H groups in total. The molecule has 0 aliphatic heterocycles. The Morgan fingerprint density at radius 3 is 2.06 bits per heavy atom. The molecule has 0 spiro atoms. The molecule has 0 aliphatic rings. The number of ketones is 1. The van der Waals surface area contributed by atoms with E-state index < -0.39 is 18.1 Å². The van der Waals surface area contributed by atoms with Crippen LogP contribution in [-0.4, -0.2) is 28.2 Å². The first-order chi connectivity index (χ1) is 7.52. The van der Waals surface area contributed by atoms with Gasteiger partial charge in [-0.1, -0.05) is 30.3 Å². The fourth-order valence-electron chi connectivity index (χ4n) is 1.70. The van der Waals surface area contributed by atoms with Crippen LogP contribution in [0.15, 0.2) is 30.3 Å². The summed E-state index contributed by atoms with van der Waals surface area (Å²) in [7, 11) is 0. The summed E-state index contributed by atoms with van der Waals surface area (Å²) in [5.74, 6) is -0.458. The summed E-state index contributed by atoms with van der Waals surface area (Å²) in [4.78, 5) is 11.8. The number of benzene rings is 1. The van der Waals surface area contributed by atoms with E-state index in [9.17, 15) is 15.0 Å². The summed E-state index contributed by atoms with van der Waals surface area (Å²) in [5, 5.41) is 18.9. The first-order valence-electron chi connectivity index (χ1n) is 5.46. The standard InChI is InChI=1S/C13H18O3/c1-9(14)12(10(2)15)8-13(16)11-6-4-3-5-7-11/h3-7,9-10,12,14-15H,8H2,1-2H3. The minimum absolute atomic E-state index is 0.0487. The Morgan fingerprint density at radius 1 is 1.12 bits per heavy atom. The van der Waals surface area contributed by atoms with Crippen molar-refractivity contribution in [2.24, 2.45) is 5.92 Å². The van der Waals surface area contributed by atoms with Gasteiger partial charge in [-0.3, -0.25) is 4.79 Å². The van der Waals surface area contributed by atoms with E-state index in [1.165, 1.54) is 0 Å². The van der Waals surface area contributed by atoms with Crippen LogP contribution in [0.1, 0.15) is 30.6 Å². The van der Waals surface area contributed by atoms with Gasteiger partial charge < -0.3 is 10.2 Å². The van der Waals surface area contributed by atoms with Gasteiger partial charge in [-0.05, 0) is 13.8 Å². The smallest absolute Gasteiger partial charge is 0.163 e. The van der Waals surface area contributed by atoms with E-state index in [1.807, 2.05) is 6.07 Å². The average Bonchev–Trinajstić information content (AvgIpc) is 2.25. The molecule has 0 radical (unpaired) electrons. The number of rotatable bonds is 5. The average molecular weight is 222 g/mol. The molecule has 0 heterocycles. The predicted molar refractivity (Wildman–Crippen MR) is 62.2 cm³/mol. The quantitative estimate of drug-likeness (QED) is 0.744. The van der Waals surface area contributed by atoms with Gasteiger partial charge in [0.2, 0.25) is 0 Å². The number of Topliss-reactive ketones (excluding diaryl/α,β-unsaturated/α-hetero) is 1. The van der Waals surface area contributed by atoms with Gasteiger partial charge >= 0.3 is 0 Å². The van der Waals surface area contributed by atoms with Crippen molar-refractivity contribution in [1.82, 2.24) is 0 Å². The van der Waals surface area contributed by atoms with Gasteiger partial charge in [-0.2, -0.15) is 0 Å². The van der Waals surface area contributed by atoms with Crippen molar-refractivity contribution in [3.63, 3.8) is 0 Å². The Balaban J connectivity index is 2.70. The number of hydrogen-bond acceptors (Lipinski definition) is 3. The van der Waals surface area contributed by atoms with Crippen LogP contribution in [0.3, 0.4) is 0 Å². The van der Waals surface area contributed by atoms with Gasteiger partial charge in [-0.25, -0.2) is 0 Å². The van der Waals surface area contributed by atoms with Crippen molar-refractivity contribution in [1.29, 1.82) is 0 Å². The molecule has 2 unspecified atom stereocenters. The molecular weight excluding hydrogens is 204 g/mol. The normalized spacial score (nSPS) is 16.5. The molecule has 3 nitrogen and oxygen atoms in total. The molecule has 16 heavy (non-hydrogen) atoms. The highest BCUT2D eigenvalue weighted by Crippen LogP contribution is 2.17. The van der Waals surface area contributed by atoms with Crippen molar-refractivity contribution in [2.75, 3.05) is 0 Å². The Bertz CT molecular complexity index is 322.